The second kappa shape index (κ2) is 6.05. The Kier molecular flexibility index (Phi) is 5.01. The number of rotatable bonds is 4. The largest absolute Gasteiger partial charge is 0.469 e. The number of nitrogens with zero attached hydrogens (tertiary/aromatic N) is 1. The Labute approximate surface area is 89.6 Å². The Morgan fingerprint density at radius 3 is 3.00 bits per heavy atom. The summed E-state index contributed by atoms with van der Waals surface area (Å²) in [7, 11) is 1.39. The van der Waals surface area contributed by atoms with Gasteiger partial charge in [0.05, 0.1) is 25.7 Å². The predicted molar refractivity (Wildman–Crippen MR) is 54.3 cm³/mol. The number of aliphatic hydroxyl groups excluding tert-OH is 2. The fourth-order valence-electron chi connectivity index (χ4n) is 1.94. The van der Waals surface area contributed by atoms with Crippen molar-refractivity contribution < 1.29 is 19.7 Å². The van der Waals surface area contributed by atoms with Crippen LogP contribution in [0.15, 0.2) is 0 Å². The molecule has 5 heteroatoms. The highest BCUT2D eigenvalue weighted by molar-refractivity contribution is 5.72. The number of ether oxygens (including phenoxy) is 1. The van der Waals surface area contributed by atoms with E-state index in [1.807, 2.05) is 4.90 Å². The van der Waals surface area contributed by atoms with Crippen molar-refractivity contribution in [1.29, 1.82) is 0 Å². The summed E-state index contributed by atoms with van der Waals surface area (Å²) in [5.41, 5.74) is 0. The van der Waals surface area contributed by atoms with Gasteiger partial charge in [0.15, 0.2) is 0 Å². The predicted octanol–water partition coefficient (Wildman–Crippen LogP) is -0.775. The van der Waals surface area contributed by atoms with E-state index in [1.54, 1.807) is 0 Å². The highest BCUT2D eigenvalue weighted by Gasteiger charge is 2.27. The smallest absolute Gasteiger partial charge is 0.309 e. The van der Waals surface area contributed by atoms with Gasteiger partial charge in [0, 0.05) is 13.1 Å². The maximum atomic E-state index is 11.3. The molecule has 2 N–H and O–H groups in total. The van der Waals surface area contributed by atoms with E-state index in [1.165, 1.54) is 7.11 Å². The first-order chi connectivity index (χ1) is 7.17. The quantitative estimate of drug-likeness (QED) is 0.605. The van der Waals surface area contributed by atoms with E-state index >= 15 is 0 Å². The Hall–Kier alpha value is -0.650. The zero-order chi connectivity index (χ0) is 11.3. The number of hydrogen-bond donors (Lipinski definition) is 2. The summed E-state index contributed by atoms with van der Waals surface area (Å²) in [6.45, 7) is 1.66. The monoisotopic (exact) mass is 217 g/mol. The molecule has 0 saturated carbocycles. The lowest BCUT2D eigenvalue weighted by Crippen LogP contribution is -2.43. The molecule has 2 atom stereocenters. The second-order valence-corrected chi connectivity index (χ2v) is 3.96. The highest BCUT2D eigenvalue weighted by Crippen LogP contribution is 2.17. The maximum absolute atomic E-state index is 11.3. The summed E-state index contributed by atoms with van der Waals surface area (Å²) in [6.07, 6.45) is 1.05. The van der Waals surface area contributed by atoms with Crippen LogP contribution >= 0.6 is 0 Å². The summed E-state index contributed by atoms with van der Waals surface area (Å²) in [4.78, 5) is 13.3. The molecule has 1 unspecified atom stereocenters. The minimum absolute atomic E-state index is 0.0883. The highest BCUT2D eigenvalue weighted by atomic mass is 16.5. The molecule has 1 heterocycles. The molecule has 5 nitrogen and oxygen atoms in total. The number of hydrogen-bond acceptors (Lipinski definition) is 5. The van der Waals surface area contributed by atoms with Gasteiger partial charge in [-0.25, -0.2) is 0 Å². The zero-order valence-electron chi connectivity index (χ0n) is 9.06. The average Bonchev–Trinajstić information content (AvgIpc) is 2.28. The van der Waals surface area contributed by atoms with Gasteiger partial charge in [-0.3, -0.25) is 9.69 Å². The molecule has 1 saturated heterocycles. The molecule has 0 aromatic carbocycles. The number of carbonyl (C=O) groups is 1. The average molecular weight is 217 g/mol. The van der Waals surface area contributed by atoms with Crippen molar-refractivity contribution in [3.63, 3.8) is 0 Å². The molecule has 1 rings (SSSR count). The van der Waals surface area contributed by atoms with E-state index in [2.05, 4.69) is 0 Å². The van der Waals surface area contributed by atoms with Gasteiger partial charge < -0.3 is 14.9 Å². The number of likely N-dealkylation sites (tertiary alicyclic amines) is 1. The van der Waals surface area contributed by atoms with Crippen LogP contribution in [0.5, 0.6) is 0 Å². The van der Waals surface area contributed by atoms with Crippen LogP contribution in [0, 0.1) is 5.92 Å². The topological polar surface area (TPSA) is 70.0 Å². The molecule has 1 fully saturated rings. The summed E-state index contributed by atoms with van der Waals surface area (Å²) in [6, 6.07) is 0. The lowest BCUT2D eigenvalue weighted by molar-refractivity contribution is -0.147. The van der Waals surface area contributed by atoms with Crippen molar-refractivity contribution in [3.8, 4) is 0 Å². The van der Waals surface area contributed by atoms with Crippen molar-refractivity contribution in [2.75, 3.05) is 33.4 Å². The molecule has 0 radical (unpaired) electrons. The van der Waals surface area contributed by atoms with Crippen molar-refractivity contribution in [1.82, 2.24) is 4.90 Å². The lowest BCUT2D eigenvalue weighted by Gasteiger charge is -2.32. The van der Waals surface area contributed by atoms with Gasteiger partial charge in [-0.15, -0.1) is 0 Å². The molecule has 88 valence electrons. The van der Waals surface area contributed by atoms with E-state index < -0.39 is 6.10 Å². The van der Waals surface area contributed by atoms with Crippen molar-refractivity contribution in [3.05, 3.63) is 0 Å². The zero-order valence-corrected chi connectivity index (χ0v) is 9.06. The summed E-state index contributed by atoms with van der Waals surface area (Å²) < 4.78 is 4.69. The number of aliphatic hydroxyl groups is 2. The Balaban J connectivity index is 2.38. The van der Waals surface area contributed by atoms with Gasteiger partial charge in [0.2, 0.25) is 0 Å². The molecule has 0 amide bonds. The van der Waals surface area contributed by atoms with Crippen LogP contribution in [-0.2, 0) is 9.53 Å². The van der Waals surface area contributed by atoms with Crippen LogP contribution < -0.4 is 0 Å². The van der Waals surface area contributed by atoms with Crippen LogP contribution in [0.4, 0.5) is 0 Å². The van der Waals surface area contributed by atoms with Crippen LogP contribution in [-0.4, -0.2) is 60.5 Å². The molecule has 0 spiro atoms. The van der Waals surface area contributed by atoms with E-state index in [-0.39, 0.29) is 18.5 Å². The summed E-state index contributed by atoms with van der Waals surface area (Å²) in [5.74, 6) is -0.271. The molecular formula is C10H19NO4. The number of carbonyl (C=O) groups excluding carboxylic acids is 1. The van der Waals surface area contributed by atoms with Crippen LogP contribution in [0.1, 0.15) is 12.8 Å². The minimum atomic E-state index is -0.721. The van der Waals surface area contributed by atoms with Gasteiger partial charge in [0.1, 0.15) is 0 Å². The first kappa shape index (κ1) is 12.4. The summed E-state index contributed by atoms with van der Waals surface area (Å²) in [5, 5.41) is 18.0. The van der Waals surface area contributed by atoms with Crippen LogP contribution in [0.25, 0.3) is 0 Å². The number of esters is 1. The fraction of sp³-hybridized carbons (Fsp3) is 0.900. The maximum Gasteiger partial charge on any atom is 0.309 e. The molecule has 1 aliphatic rings. The molecule has 0 aromatic rings. The fourth-order valence-corrected chi connectivity index (χ4v) is 1.94. The molecular weight excluding hydrogens is 198 g/mol. The van der Waals surface area contributed by atoms with Crippen LogP contribution in [0.3, 0.4) is 0 Å². The molecule has 0 aliphatic carbocycles. The number of piperidine rings is 1. The molecule has 0 bridgehead atoms. The van der Waals surface area contributed by atoms with E-state index in [0.29, 0.717) is 13.1 Å². The standard InChI is InChI=1S/C10H19NO4/c1-15-10(14)8-3-2-4-11(5-8)6-9(13)7-12/h8-9,12-13H,2-7H2,1H3/t8-,9?/m0/s1. The Bertz CT molecular complexity index is 210. The van der Waals surface area contributed by atoms with Crippen LogP contribution in [0.2, 0.25) is 0 Å². The van der Waals surface area contributed by atoms with E-state index in [4.69, 9.17) is 9.84 Å². The first-order valence-electron chi connectivity index (χ1n) is 5.26. The van der Waals surface area contributed by atoms with Gasteiger partial charge >= 0.3 is 5.97 Å². The molecule has 15 heavy (non-hydrogen) atoms. The summed E-state index contributed by atoms with van der Waals surface area (Å²) >= 11 is 0. The van der Waals surface area contributed by atoms with Crippen molar-refractivity contribution >= 4 is 5.97 Å². The van der Waals surface area contributed by atoms with Gasteiger partial charge in [-0.1, -0.05) is 0 Å². The van der Waals surface area contributed by atoms with Crippen molar-refractivity contribution in [2.45, 2.75) is 18.9 Å². The third-order valence-electron chi connectivity index (χ3n) is 2.72. The van der Waals surface area contributed by atoms with E-state index in [0.717, 1.165) is 19.4 Å². The Morgan fingerprint density at radius 1 is 1.67 bits per heavy atom. The van der Waals surface area contributed by atoms with Crippen molar-refractivity contribution in [2.24, 2.45) is 5.92 Å². The van der Waals surface area contributed by atoms with Gasteiger partial charge in [0.25, 0.3) is 0 Å². The molecule has 0 aromatic heterocycles. The SMILES string of the molecule is COC(=O)[C@H]1CCCN(CC(O)CO)C1. The normalized spacial score (nSPS) is 24.9. The molecule has 1 aliphatic heterocycles. The number of methoxy groups -OCH3 is 1. The third-order valence-corrected chi connectivity index (χ3v) is 2.72. The lowest BCUT2D eigenvalue weighted by atomic mass is 9.98. The van der Waals surface area contributed by atoms with Gasteiger partial charge in [-0.2, -0.15) is 0 Å². The first-order valence-corrected chi connectivity index (χ1v) is 5.26. The third kappa shape index (κ3) is 3.77. The minimum Gasteiger partial charge on any atom is -0.469 e. The Morgan fingerprint density at radius 2 is 2.40 bits per heavy atom. The second-order valence-electron chi connectivity index (χ2n) is 3.96. The van der Waals surface area contributed by atoms with Gasteiger partial charge in [-0.05, 0) is 19.4 Å². The van der Waals surface area contributed by atoms with E-state index in [9.17, 15) is 9.90 Å². The number of β-amino-alcohol motifs (C(OH)–C–C–N with tert-alkyl or cyclic N) is 1.